The first-order valence-electron chi connectivity index (χ1n) is 8.29. The Morgan fingerprint density at radius 3 is 2.63 bits per heavy atom. The number of rotatable bonds is 6. The van der Waals surface area contributed by atoms with Crippen molar-refractivity contribution in [1.29, 1.82) is 0 Å². The van der Waals surface area contributed by atoms with Crippen molar-refractivity contribution in [1.82, 2.24) is 9.62 Å². The SMILES string of the molecule is O=C(NCC(O)c1ccc(F)cc1F)c1sccc1S(=O)(=O)N1CCCC1. The number of carbonyl (C=O) groups excluding carboxylic acids is 1. The summed E-state index contributed by atoms with van der Waals surface area (Å²) in [5.74, 6) is -2.38. The van der Waals surface area contributed by atoms with Crippen LogP contribution in [0.5, 0.6) is 0 Å². The highest BCUT2D eigenvalue weighted by atomic mass is 32.2. The zero-order chi connectivity index (χ0) is 19.6. The van der Waals surface area contributed by atoms with Gasteiger partial charge in [-0.05, 0) is 30.4 Å². The molecule has 1 unspecified atom stereocenters. The van der Waals surface area contributed by atoms with E-state index in [2.05, 4.69) is 5.32 Å². The molecule has 1 amide bonds. The summed E-state index contributed by atoms with van der Waals surface area (Å²) < 4.78 is 53.3. The number of hydrogen-bond donors (Lipinski definition) is 2. The van der Waals surface area contributed by atoms with E-state index in [-0.39, 0.29) is 21.9 Å². The van der Waals surface area contributed by atoms with Gasteiger partial charge in [0.25, 0.3) is 5.91 Å². The minimum atomic E-state index is -3.75. The number of nitrogens with one attached hydrogen (secondary N) is 1. The van der Waals surface area contributed by atoms with Crippen LogP contribution in [0, 0.1) is 11.6 Å². The Labute approximate surface area is 159 Å². The van der Waals surface area contributed by atoms with Crippen molar-refractivity contribution in [2.75, 3.05) is 19.6 Å². The number of thiophene rings is 1. The van der Waals surface area contributed by atoms with Crippen molar-refractivity contribution >= 4 is 27.3 Å². The second-order valence-corrected chi connectivity index (χ2v) is 8.94. The van der Waals surface area contributed by atoms with E-state index in [1.165, 1.54) is 15.8 Å². The highest BCUT2D eigenvalue weighted by Gasteiger charge is 2.32. The fourth-order valence-electron chi connectivity index (χ4n) is 2.89. The molecule has 1 aromatic carbocycles. The van der Waals surface area contributed by atoms with E-state index in [4.69, 9.17) is 0 Å². The quantitative estimate of drug-likeness (QED) is 0.757. The molecular formula is C17H18F2N2O4S2. The fraction of sp³-hybridized carbons (Fsp3) is 0.353. The number of halogens is 2. The molecule has 6 nitrogen and oxygen atoms in total. The van der Waals surface area contributed by atoms with Crippen LogP contribution in [0.1, 0.15) is 34.2 Å². The van der Waals surface area contributed by atoms with E-state index < -0.39 is 33.7 Å². The van der Waals surface area contributed by atoms with Gasteiger partial charge in [-0.2, -0.15) is 4.31 Å². The molecule has 0 saturated carbocycles. The zero-order valence-electron chi connectivity index (χ0n) is 14.2. The lowest BCUT2D eigenvalue weighted by molar-refractivity contribution is 0.0915. The van der Waals surface area contributed by atoms with Gasteiger partial charge in [-0.1, -0.05) is 6.07 Å². The van der Waals surface area contributed by atoms with Crippen LogP contribution >= 0.6 is 11.3 Å². The molecule has 1 aliphatic heterocycles. The maximum Gasteiger partial charge on any atom is 0.262 e. The van der Waals surface area contributed by atoms with E-state index in [0.29, 0.717) is 19.2 Å². The lowest BCUT2D eigenvalue weighted by Crippen LogP contribution is -2.32. The third kappa shape index (κ3) is 4.18. The van der Waals surface area contributed by atoms with Crippen LogP contribution in [-0.4, -0.2) is 43.4 Å². The average Bonchev–Trinajstić information content (AvgIpc) is 3.31. The molecule has 0 spiro atoms. The Morgan fingerprint density at radius 1 is 1.26 bits per heavy atom. The summed E-state index contributed by atoms with van der Waals surface area (Å²) in [5.41, 5.74) is -0.159. The van der Waals surface area contributed by atoms with Crippen LogP contribution in [0.25, 0.3) is 0 Å². The van der Waals surface area contributed by atoms with Gasteiger partial charge in [0.05, 0.1) is 6.10 Å². The summed E-state index contributed by atoms with van der Waals surface area (Å²) >= 11 is 0.973. The smallest absolute Gasteiger partial charge is 0.262 e. The Balaban J connectivity index is 1.71. The summed E-state index contributed by atoms with van der Waals surface area (Å²) in [7, 11) is -3.75. The van der Waals surface area contributed by atoms with Crippen LogP contribution < -0.4 is 5.32 Å². The van der Waals surface area contributed by atoms with E-state index in [0.717, 1.165) is 36.3 Å². The number of carbonyl (C=O) groups is 1. The van der Waals surface area contributed by atoms with Crippen molar-refractivity contribution < 1.29 is 27.1 Å². The topological polar surface area (TPSA) is 86.7 Å². The molecule has 1 saturated heterocycles. The van der Waals surface area contributed by atoms with Gasteiger partial charge in [0.1, 0.15) is 21.4 Å². The number of hydrogen-bond acceptors (Lipinski definition) is 5. The first kappa shape index (κ1) is 19.9. The number of sulfonamides is 1. The van der Waals surface area contributed by atoms with Gasteiger partial charge >= 0.3 is 0 Å². The highest BCUT2D eigenvalue weighted by Crippen LogP contribution is 2.27. The zero-order valence-corrected chi connectivity index (χ0v) is 15.8. The van der Waals surface area contributed by atoms with Gasteiger partial charge < -0.3 is 10.4 Å². The predicted molar refractivity (Wildman–Crippen MR) is 96.0 cm³/mol. The van der Waals surface area contributed by atoms with Gasteiger partial charge in [0, 0.05) is 31.3 Å². The highest BCUT2D eigenvalue weighted by molar-refractivity contribution is 7.89. The lowest BCUT2D eigenvalue weighted by Gasteiger charge is -2.16. The molecule has 2 aromatic rings. The first-order chi connectivity index (χ1) is 12.8. The predicted octanol–water partition coefficient (Wildman–Crippen LogP) is 2.27. The van der Waals surface area contributed by atoms with E-state index in [9.17, 15) is 27.1 Å². The number of benzene rings is 1. The Hall–Kier alpha value is -1.88. The maximum absolute atomic E-state index is 13.7. The molecule has 1 aliphatic rings. The fourth-order valence-corrected chi connectivity index (χ4v) is 5.72. The molecular weight excluding hydrogens is 398 g/mol. The number of aliphatic hydroxyl groups excluding tert-OH is 1. The van der Waals surface area contributed by atoms with Crippen LogP contribution in [0.3, 0.4) is 0 Å². The average molecular weight is 416 g/mol. The molecule has 146 valence electrons. The van der Waals surface area contributed by atoms with Crippen molar-refractivity contribution in [3.63, 3.8) is 0 Å². The first-order valence-corrected chi connectivity index (χ1v) is 10.6. The van der Waals surface area contributed by atoms with Gasteiger partial charge in [-0.25, -0.2) is 17.2 Å². The maximum atomic E-state index is 13.7. The monoisotopic (exact) mass is 416 g/mol. The lowest BCUT2D eigenvalue weighted by atomic mass is 10.1. The Kier molecular flexibility index (Phi) is 5.89. The second kappa shape index (κ2) is 8.01. The molecule has 1 atom stereocenters. The van der Waals surface area contributed by atoms with E-state index in [1.54, 1.807) is 0 Å². The van der Waals surface area contributed by atoms with Gasteiger partial charge in [-0.15, -0.1) is 11.3 Å². The summed E-state index contributed by atoms with van der Waals surface area (Å²) in [6.45, 7) is 0.492. The molecule has 1 aromatic heterocycles. The summed E-state index contributed by atoms with van der Waals surface area (Å²) in [6, 6.07) is 4.11. The van der Waals surface area contributed by atoms with E-state index in [1.807, 2.05) is 0 Å². The van der Waals surface area contributed by atoms with E-state index >= 15 is 0 Å². The summed E-state index contributed by atoms with van der Waals surface area (Å²) in [6.07, 6.45) is 0.161. The van der Waals surface area contributed by atoms with Gasteiger partial charge in [-0.3, -0.25) is 4.79 Å². The van der Waals surface area contributed by atoms with Crippen molar-refractivity contribution in [3.8, 4) is 0 Å². The Morgan fingerprint density at radius 2 is 1.96 bits per heavy atom. The molecule has 27 heavy (non-hydrogen) atoms. The number of aliphatic hydroxyl groups is 1. The number of nitrogens with zero attached hydrogens (tertiary/aromatic N) is 1. The normalized spacial score (nSPS) is 16.4. The minimum Gasteiger partial charge on any atom is -0.386 e. The van der Waals surface area contributed by atoms with Crippen LogP contribution in [0.2, 0.25) is 0 Å². The molecule has 2 heterocycles. The third-order valence-electron chi connectivity index (χ3n) is 4.30. The molecule has 1 fully saturated rings. The standard InChI is InChI=1S/C17H18F2N2O4S2/c18-11-3-4-12(13(19)9-11)14(22)10-20-17(23)16-15(5-8-26-16)27(24,25)21-6-1-2-7-21/h3-5,8-9,14,22H,1-2,6-7,10H2,(H,20,23). The van der Waals surface area contributed by atoms with Crippen LogP contribution in [0.15, 0.2) is 34.5 Å². The van der Waals surface area contributed by atoms with Gasteiger partial charge in [0.2, 0.25) is 10.0 Å². The minimum absolute atomic E-state index is 0.00804. The van der Waals surface area contributed by atoms with Gasteiger partial charge in [0.15, 0.2) is 0 Å². The van der Waals surface area contributed by atoms with Crippen molar-refractivity contribution in [2.24, 2.45) is 0 Å². The number of amides is 1. The summed E-state index contributed by atoms with van der Waals surface area (Å²) in [4.78, 5) is 12.3. The van der Waals surface area contributed by atoms with Crippen LogP contribution in [-0.2, 0) is 10.0 Å². The van der Waals surface area contributed by atoms with Crippen molar-refractivity contribution in [3.05, 3.63) is 51.7 Å². The molecule has 10 heteroatoms. The molecule has 0 bridgehead atoms. The van der Waals surface area contributed by atoms with Crippen LogP contribution in [0.4, 0.5) is 8.78 Å². The Bertz CT molecular complexity index is 940. The molecule has 2 N–H and O–H groups in total. The summed E-state index contributed by atoms with van der Waals surface area (Å²) in [5, 5.41) is 14.0. The van der Waals surface area contributed by atoms with Crippen molar-refractivity contribution in [2.45, 2.75) is 23.8 Å². The molecule has 0 radical (unpaired) electrons. The molecule has 3 rings (SSSR count). The largest absolute Gasteiger partial charge is 0.386 e. The molecule has 0 aliphatic carbocycles. The second-order valence-electron chi connectivity index (χ2n) is 6.12. The third-order valence-corrected chi connectivity index (χ3v) is 7.28.